The van der Waals surface area contributed by atoms with Gasteiger partial charge in [0, 0.05) is 49.3 Å². The number of ether oxygens (including phenoxy) is 1. The molecule has 3 fully saturated rings. The zero-order valence-corrected chi connectivity index (χ0v) is 23.2. The predicted molar refractivity (Wildman–Crippen MR) is 150 cm³/mol. The van der Waals surface area contributed by atoms with Crippen LogP contribution >= 0.6 is 22.7 Å². The monoisotopic (exact) mass is 542 g/mol. The SMILES string of the molecule is C=CC(CO)OC.Cc1ccc(Nc2nc(-c3sc(C)nc3C)cs2)nc1.N=C1C[C@@H]2C[C@H](C1)N2C=O. The van der Waals surface area contributed by atoms with E-state index in [-0.39, 0.29) is 12.7 Å². The van der Waals surface area contributed by atoms with Crippen LogP contribution in [-0.4, -0.2) is 69.0 Å². The van der Waals surface area contributed by atoms with E-state index in [9.17, 15) is 4.79 Å². The number of carbonyl (C=O) groups is 1. The molecule has 0 radical (unpaired) electrons. The first kappa shape index (κ1) is 28.6. The van der Waals surface area contributed by atoms with Gasteiger partial charge >= 0.3 is 0 Å². The summed E-state index contributed by atoms with van der Waals surface area (Å²) >= 11 is 3.26. The zero-order chi connectivity index (χ0) is 26.9. The summed E-state index contributed by atoms with van der Waals surface area (Å²) in [5.74, 6) is 0.814. The summed E-state index contributed by atoms with van der Waals surface area (Å²) in [5, 5.41) is 22.9. The summed E-state index contributed by atoms with van der Waals surface area (Å²) in [7, 11) is 1.53. The Kier molecular flexibility index (Phi) is 10.4. The molecule has 2 saturated heterocycles. The molecule has 3 aliphatic rings. The van der Waals surface area contributed by atoms with Crippen LogP contribution in [0.4, 0.5) is 10.9 Å². The van der Waals surface area contributed by atoms with Crippen molar-refractivity contribution < 1.29 is 14.6 Å². The van der Waals surface area contributed by atoms with Crippen LogP contribution in [0.15, 0.2) is 36.4 Å². The number of nitrogens with zero attached hydrogens (tertiary/aromatic N) is 4. The van der Waals surface area contributed by atoms with Gasteiger partial charge in [-0.2, -0.15) is 0 Å². The smallest absolute Gasteiger partial charge is 0.210 e. The topological polar surface area (TPSA) is 124 Å². The van der Waals surface area contributed by atoms with Crippen LogP contribution in [0.5, 0.6) is 0 Å². The number of hydrogen-bond donors (Lipinski definition) is 3. The maximum Gasteiger partial charge on any atom is 0.210 e. The summed E-state index contributed by atoms with van der Waals surface area (Å²) in [6.07, 6.45) is 6.88. The molecule has 1 amide bonds. The number of carbonyl (C=O) groups excluding carboxylic acids is 1. The van der Waals surface area contributed by atoms with Crippen molar-refractivity contribution >= 4 is 45.7 Å². The molecule has 1 saturated carbocycles. The van der Waals surface area contributed by atoms with Crippen molar-refractivity contribution in [1.82, 2.24) is 19.9 Å². The second kappa shape index (κ2) is 13.5. The number of nitrogens with one attached hydrogen (secondary N) is 2. The van der Waals surface area contributed by atoms with E-state index >= 15 is 0 Å². The number of anilines is 2. The fourth-order valence-electron chi connectivity index (χ4n) is 4.02. The van der Waals surface area contributed by atoms with Crippen molar-refractivity contribution in [2.45, 2.75) is 58.2 Å². The quantitative estimate of drug-likeness (QED) is 0.286. The molecule has 37 heavy (non-hydrogen) atoms. The molecule has 0 aromatic carbocycles. The van der Waals surface area contributed by atoms with Crippen molar-refractivity contribution in [3.05, 3.63) is 52.6 Å². The Morgan fingerprint density at radius 2 is 2.03 bits per heavy atom. The van der Waals surface area contributed by atoms with Crippen LogP contribution in [-0.2, 0) is 9.53 Å². The molecule has 0 spiro atoms. The van der Waals surface area contributed by atoms with Gasteiger partial charge in [0.2, 0.25) is 6.41 Å². The third kappa shape index (κ3) is 7.75. The van der Waals surface area contributed by atoms with Gasteiger partial charge in [-0.15, -0.1) is 29.3 Å². The molecule has 3 atom stereocenters. The second-order valence-electron chi connectivity index (χ2n) is 8.83. The van der Waals surface area contributed by atoms with E-state index in [2.05, 4.69) is 37.0 Å². The second-order valence-corrected chi connectivity index (χ2v) is 10.9. The Morgan fingerprint density at radius 1 is 1.30 bits per heavy atom. The molecular weight excluding hydrogens is 508 g/mol. The number of amides is 1. The highest BCUT2D eigenvalue weighted by Crippen LogP contribution is 2.35. The van der Waals surface area contributed by atoms with Crippen LogP contribution < -0.4 is 5.32 Å². The lowest BCUT2D eigenvalue weighted by Crippen LogP contribution is -2.60. The largest absolute Gasteiger partial charge is 0.393 e. The molecule has 2 aliphatic heterocycles. The number of fused-ring (bicyclic) bond motifs is 2. The van der Waals surface area contributed by atoms with Gasteiger partial charge in [0.25, 0.3) is 0 Å². The lowest BCUT2D eigenvalue weighted by atomic mass is 9.79. The summed E-state index contributed by atoms with van der Waals surface area (Å²) < 4.78 is 4.68. The number of aryl methyl sites for hydroxylation is 3. The van der Waals surface area contributed by atoms with Gasteiger partial charge in [0.15, 0.2) is 5.13 Å². The first-order valence-corrected chi connectivity index (χ1v) is 13.6. The molecule has 2 bridgehead atoms. The van der Waals surface area contributed by atoms with Crippen LogP contribution in [0.25, 0.3) is 10.6 Å². The molecule has 11 heteroatoms. The fraction of sp³-hybridized carbons (Fsp3) is 0.423. The minimum absolute atomic E-state index is 0.0139. The molecule has 3 N–H and O–H groups in total. The third-order valence-electron chi connectivity index (χ3n) is 6.01. The maximum atomic E-state index is 10.4. The van der Waals surface area contributed by atoms with Crippen molar-refractivity contribution in [3.8, 4) is 10.6 Å². The average Bonchev–Trinajstić information content (AvgIpc) is 3.47. The van der Waals surface area contributed by atoms with Crippen molar-refractivity contribution in [2.75, 3.05) is 19.0 Å². The van der Waals surface area contributed by atoms with Crippen LogP contribution in [0.1, 0.15) is 35.5 Å². The molecule has 3 aromatic heterocycles. The van der Waals surface area contributed by atoms with E-state index in [1.807, 2.05) is 44.0 Å². The number of pyridine rings is 1. The van der Waals surface area contributed by atoms with Gasteiger partial charge in [-0.25, -0.2) is 15.0 Å². The van der Waals surface area contributed by atoms with Gasteiger partial charge in [-0.3, -0.25) is 4.79 Å². The Hall–Kier alpha value is -2.99. The van der Waals surface area contributed by atoms with Crippen LogP contribution in [0, 0.1) is 26.2 Å². The summed E-state index contributed by atoms with van der Waals surface area (Å²) in [5.41, 5.74) is 3.98. The molecular formula is C26H34N6O3S2. The maximum absolute atomic E-state index is 10.4. The highest BCUT2D eigenvalue weighted by molar-refractivity contribution is 7.16. The first-order chi connectivity index (χ1) is 17.8. The first-order valence-electron chi connectivity index (χ1n) is 11.9. The number of rotatable bonds is 7. The molecule has 5 heterocycles. The minimum Gasteiger partial charge on any atom is -0.393 e. The minimum atomic E-state index is -0.194. The Labute approximate surface area is 225 Å². The Balaban J connectivity index is 0.000000185. The van der Waals surface area contributed by atoms with E-state index in [1.54, 1.807) is 28.7 Å². The third-order valence-corrected chi connectivity index (χ3v) is 7.86. The normalized spacial score (nSPS) is 18.4. The molecule has 1 aliphatic carbocycles. The Bertz CT molecular complexity index is 1180. The molecule has 3 aromatic rings. The van der Waals surface area contributed by atoms with Crippen molar-refractivity contribution in [1.29, 1.82) is 5.41 Å². The summed E-state index contributed by atoms with van der Waals surface area (Å²) in [4.78, 5) is 26.7. The van der Waals surface area contributed by atoms with Gasteiger partial charge in [-0.05, 0) is 38.8 Å². The number of aliphatic hydroxyl groups is 1. The van der Waals surface area contributed by atoms with E-state index < -0.39 is 0 Å². The number of aromatic nitrogens is 3. The highest BCUT2D eigenvalue weighted by atomic mass is 32.1. The highest BCUT2D eigenvalue weighted by Gasteiger charge is 2.42. The Morgan fingerprint density at radius 3 is 2.51 bits per heavy atom. The lowest BCUT2D eigenvalue weighted by Gasteiger charge is -2.50. The van der Waals surface area contributed by atoms with E-state index in [4.69, 9.17) is 10.5 Å². The van der Waals surface area contributed by atoms with E-state index in [0.717, 1.165) is 69.2 Å². The zero-order valence-electron chi connectivity index (χ0n) is 21.6. The molecule has 9 nitrogen and oxygen atoms in total. The molecule has 1 unspecified atom stereocenters. The predicted octanol–water partition coefficient (Wildman–Crippen LogP) is 4.91. The lowest BCUT2D eigenvalue weighted by molar-refractivity contribution is -0.130. The van der Waals surface area contributed by atoms with E-state index in [1.165, 1.54) is 7.11 Å². The van der Waals surface area contributed by atoms with Crippen LogP contribution in [0.2, 0.25) is 0 Å². The molecule has 6 rings (SSSR count). The van der Waals surface area contributed by atoms with Crippen LogP contribution in [0.3, 0.4) is 0 Å². The number of thiazole rings is 2. The molecule has 198 valence electrons. The fourth-order valence-corrected chi connectivity index (χ4v) is 5.68. The van der Waals surface area contributed by atoms with Gasteiger partial charge in [0.1, 0.15) is 5.82 Å². The van der Waals surface area contributed by atoms with E-state index in [0.29, 0.717) is 12.1 Å². The number of aliphatic hydroxyl groups excluding tert-OH is 1. The van der Waals surface area contributed by atoms with Gasteiger partial charge in [0.05, 0.1) is 34.0 Å². The summed E-state index contributed by atoms with van der Waals surface area (Å²) in [6.45, 7) is 9.49. The number of piperidine rings is 1. The number of hydrogen-bond acceptors (Lipinski definition) is 10. The van der Waals surface area contributed by atoms with Gasteiger partial charge < -0.3 is 25.5 Å². The van der Waals surface area contributed by atoms with Crippen molar-refractivity contribution in [3.63, 3.8) is 0 Å². The van der Waals surface area contributed by atoms with Gasteiger partial charge in [-0.1, -0.05) is 12.1 Å². The average molecular weight is 543 g/mol. The van der Waals surface area contributed by atoms with Crippen molar-refractivity contribution in [2.24, 2.45) is 0 Å². The summed E-state index contributed by atoms with van der Waals surface area (Å²) in [6, 6.07) is 4.74. The number of methoxy groups -OCH3 is 1. The standard InChI is InChI=1S/C14H14N4S2.C7H10N2O.C5H10O2/c1-8-4-5-12(15-6-8)18-14-17-11(7-19-14)13-9(2)16-10(3)20-13;8-5-1-6-3-7(2-5)9(6)4-10;1-3-5(4-6)7-2/h4-7H,1-3H3,(H,15,17,18);4,6-8H,1-3H2;3,5-6H,1,4H2,2H3/t;6-,7+;.